The van der Waals surface area contributed by atoms with E-state index in [1.165, 1.54) is 6.07 Å². The van der Waals surface area contributed by atoms with Gasteiger partial charge in [0.1, 0.15) is 11.6 Å². The van der Waals surface area contributed by atoms with E-state index in [0.29, 0.717) is 12.5 Å². The molecule has 0 unspecified atom stereocenters. The average Bonchev–Trinajstić information content (AvgIpc) is 2.55. The molecule has 2 aliphatic heterocycles. The summed E-state index contributed by atoms with van der Waals surface area (Å²) in [6.45, 7) is 5.96. The van der Waals surface area contributed by atoms with Gasteiger partial charge in [0.25, 0.3) is 0 Å². The fraction of sp³-hybridized carbons (Fsp3) is 0.625. The molecular formula is C16H23FN2O2. The lowest BCUT2D eigenvalue weighted by molar-refractivity contribution is 0.0498. The molecule has 0 saturated carbocycles. The monoisotopic (exact) mass is 294 g/mol. The number of nitrogens with one attached hydrogen (secondary N) is 1. The van der Waals surface area contributed by atoms with E-state index in [-0.39, 0.29) is 5.82 Å². The standard InChI is InChI=1S/C16H23FN2O2/c17-14-1-2-16(21-12-13-3-9-20-10-4-13)15(11-14)19-7-5-18-6-8-19/h1-2,11,13,18H,3-10,12H2. The van der Waals surface area contributed by atoms with Crippen molar-refractivity contribution in [3.8, 4) is 5.75 Å². The highest BCUT2D eigenvalue weighted by atomic mass is 19.1. The van der Waals surface area contributed by atoms with Gasteiger partial charge in [0.2, 0.25) is 0 Å². The van der Waals surface area contributed by atoms with Crippen molar-refractivity contribution in [1.29, 1.82) is 0 Å². The van der Waals surface area contributed by atoms with E-state index in [9.17, 15) is 4.39 Å². The van der Waals surface area contributed by atoms with E-state index >= 15 is 0 Å². The van der Waals surface area contributed by atoms with Crippen molar-refractivity contribution < 1.29 is 13.9 Å². The van der Waals surface area contributed by atoms with Crippen LogP contribution in [-0.2, 0) is 4.74 Å². The molecule has 21 heavy (non-hydrogen) atoms. The van der Waals surface area contributed by atoms with Crippen LogP contribution in [0.5, 0.6) is 5.75 Å². The van der Waals surface area contributed by atoms with Gasteiger partial charge in [-0.15, -0.1) is 0 Å². The molecule has 1 aromatic carbocycles. The molecule has 1 aromatic rings. The zero-order chi connectivity index (χ0) is 14.5. The first kappa shape index (κ1) is 14.6. The summed E-state index contributed by atoms with van der Waals surface area (Å²) in [5.74, 6) is 1.13. The highest BCUT2D eigenvalue weighted by molar-refractivity contribution is 5.59. The van der Waals surface area contributed by atoms with Crippen molar-refractivity contribution in [2.75, 3.05) is 50.9 Å². The minimum absolute atomic E-state index is 0.207. The van der Waals surface area contributed by atoms with E-state index in [2.05, 4.69) is 10.2 Å². The maximum Gasteiger partial charge on any atom is 0.142 e. The number of hydrogen-bond donors (Lipinski definition) is 1. The first-order valence-corrected chi connectivity index (χ1v) is 7.79. The maximum atomic E-state index is 13.6. The largest absolute Gasteiger partial charge is 0.491 e. The van der Waals surface area contributed by atoms with Crippen LogP contribution in [0.25, 0.3) is 0 Å². The fourth-order valence-corrected chi connectivity index (χ4v) is 2.89. The van der Waals surface area contributed by atoms with Crippen LogP contribution in [0.1, 0.15) is 12.8 Å². The van der Waals surface area contributed by atoms with Crippen LogP contribution in [0.3, 0.4) is 0 Å². The van der Waals surface area contributed by atoms with Crippen molar-refractivity contribution in [3.63, 3.8) is 0 Å². The molecule has 0 amide bonds. The summed E-state index contributed by atoms with van der Waals surface area (Å²) in [6.07, 6.45) is 2.09. The number of piperazine rings is 1. The third kappa shape index (κ3) is 3.86. The minimum Gasteiger partial charge on any atom is -0.491 e. The van der Waals surface area contributed by atoms with Crippen LogP contribution >= 0.6 is 0 Å². The van der Waals surface area contributed by atoms with Crippen LogP contribution in [0, 0.1) is 11.7 Å². The van der Waals surface area contributed by atoms with Crippen LogP contribution < -0.4 is 15.0 Å². The van der Waals surface area contributed by atoms with E-state index in [0.717, 1.165) is 63.7 Å². The number of halogens is 1. The Kier molecular flexibility index (Phi) is 4.93. The number of rotatable bonds is 4. The van der Waals surface area contributed by atoms with Crippen LogP contribution in [-0.4, -0.2) is 46.0 Å². The van der Waals surface area contributed by atoms with Gasteiger partial charge in [-0.2, -0.15) is 0 Å². The first-order chi connectivity index (χ1) is 10.3. The second-order valence-corrected chi connectivity index (χ2v) is 5.72. The molecule has 2 fully saturated rings. The Bertz CT molecular complexity index is 458. The topological polar surface area (TPSA) is 33.7 Å². The van der Waals surface area contributed by atoms with Crippen molar-refractivity contribution in [3.05, 3.63) is 24.0 Å². The van der Waals surface area contributed by atoms with Crippen LogP contribution in [0.2, 0.25) is 0 Å². The first-order valence-electron chi connectivity index (χ1n) is 7.79. The predicted molar refractivity (Wildman–Crippen MR) is 80.5 cm³/mol. The molecule has 3 rings (SSSR count). The van der Waals surface area contributed by atoms with Gasteiger partial charge >= 0.3 is 0 Å². The van der Waals surface area contributed by atoms with E-state index in [1.54, 1.807) is 12.1 Å². The van der Waals surface area contributed by atoms with Crippen molar-refractivity contribution in [1.82, 2.24) is 5.32 Å². The molecule has 2 aliphatic rings. The highest BCUT2D eigenvalue weighted by Crippen LogP contribution is 2.30. The molecule has 0 atom stereocenters. The number of nitrogens with zero attached hydrogens (tertiary/aromatic N) is 1. The number of benzene rings is 1. The quantitative estimate of drug-likeness (QED) is 0.921. The SMILES string of the molecule is Fc1ccc(OCC2CCOCC2)c(N2CCNCC2)c1. The van der Waals surface area contributed by atoms with Crippen molar-refractivity contribution >= 4 is 5.69 Å². The smallest absolute Gasteiger partial charge is 0.142 e. The second kappa shape index (κ2) is 7.09. The van der Waals surface area contributed by atoms with E-state index < -0.39 is 0 Å². The Morgan fingerprint density at radius 1 is 1.24 bits per heavy atom. The third-order valence-corrected chi connectivity index (χ3v) is 4.19. The predicted octanol–water partition coefficient (Wildman–Crippen LogP) is 2.04. The molecule has 2 saturated heterocycles. The summed E-state index contributed by atoms with van der Waals surface area (Å²) in [5, 5.41) is 3.31. The summed E-state index contributed by atoms with van der Waals surface area (Å²) in [5.41, 5.74) is 0.878. The summed E-state index contributed by atoms with van der Waals surface area (Å²) >= 11 is 0. The van der Waals surface area contributed by atoms with Gasteiger partial charge in [0, 0.05) is 45.5 Å². The molecule has 5 heteroatoms. The average molecular weight is 294 g/mol. The molecule has 4 nitrogen and oxygen atoms in total. The van der Waals surface area contributed by atoms with Gasteiger partial charge in [0.15, 0.2) is 0 Å². The van der Waals surface area contributed by atoms with Crippen LogP contribution in [0.4, 0.5) is 10.1 Å². The Morgan fingerprint density at radius 2 is 2.00 bits per heavy atom. The van der Waals surface area contributed by atoms with E-state index in [4.69, 9.17) is 9.47 Å². The van der Waals surface area contributed by atoms with Gasteiger partial charge in [0.05, 0.1) is 12.3 Å². The number of hydrogen-bond acceptors (Lipinski definition) is 4. The molecule has 0 radical (unpaired) electrons. The molecule has 1 N–H and O–H groups in total. The molecule has 0 spiro atoms. The summed E-state index contributed by atoms with van der Waals surface area (Å²) in [7, 11) is 0. The van der Waals surface area contributed by atoms with E-state index in [1.807, 2.05) is 0 Å². The normalized spacial score (nSPS) is 20.5. The summed E-state index contributed by atoms with van der Waals surface area (Å²) < 4.78 is 24.9. The van der Waals surface area contributed by atoms with Gasteiger partial charge in [-0.1, -0.05) is 0 Å². The lowest BCUT2D eigenvalue weighted by Gasteiger charge is -2.31. The maximum absolute atomic E-state index is 13.6. The van der Waals surface area contributed by atoms with Crippen molar-refractivity contribution in [2.24, 2.45) is 5.92 Å². The van der Waals surface area contributed by atoms with Gasteiger partial charge < -0.3 is 19.7 Å². The summed E-state index contributed by atoms with van der Waals surface area (Å²) in [4.78, 5) is 2.19. The second-order valence-electron chi connectivity index (χ2n) is 5.72. The Morgan fingerprint density at radius 3 is 2.76 bits per heavy atom. The van der Waals surface area contributed by atoms with Crippen molar-refractivity contribution in [2.45, 2.75) is 12.8 Å². The molecule has 0 aliphatic carbocycles. The fourth-order valence-electron chi connectivity index (χ4n) is 2.89. The number of anilines is 1. The van der Waals surface area contributed by atoms with Gasteiger partial charge in [-0.3, -0.25) is 0 Å². The zero-order valence-electron chi connectivity index (χ0n) is 12.3. The zero-order valence-corrected chi connectivity index (χ0v) is 12.3. The lowest BCUT2D eigenvalue weighted by atomic mass is 10.0. The highest BCUT2D eigenvalue weighted by Gasteiger charge is 2.18. The molecule has 0 aromatic heterocycles. The molecular weight excluding hydrogens is 271 g/mol. The number of ether oxygens (including phenoxy) is 2. The van der Waals surface area contributed by atoms with Gasteiger partial charge in [-0.25, -0.2) is 4.39 Å². The lowest BCUT2D eigenvalue weighted by Crippen LogP contribution is -2.43. The summed E-state index contributed by atoms with van der Waals surface area (Å²) in [6, 6.07) is 4.82. The molecule has 2 heterocycles. The molecule has 116 valence electrons. The van der Waals surface area contributed by atoms with Crippen LogP contribution in [0.15, 0.2) is 18.2 Å². The van der Waals surface area contributed by atoms with Gasteiger partial charge in [-0.05, 0) is 30.9 Å². The minimum atomic E-state index is -0.207. The Hall–Kier alpha value is -1.33. The Balaban J connectivity index is 1.68. The third-order valence-electron chi connectivity index (χ3n) is 4.19. The molecule has 0 bridgehead atoms. The Labute approximate surface area is 125 Å².